The lowest BCUT2D eigenvalue weighted by Crippen LogP contribution is -2.07. The Morgan fingerprint density at radius 2 is 1.69 bits per heavy atom. The van der Waals surface area contributed by atoms with Gasteiger partial charge in [-0.05, 0) is 59.9 Å². The quantitative estimate of drug-likeness (QED) is 0.412. The molecule has 0 fully saturated rings. The third kappa shape index (κ3) is 3.92. The van der Waals surface area contributed by atoms with Crippen LogP contribution in [0.5, 0.6) is 0 Å². The van der Waals surface area contributed by atoms with Crippen LogP contribution in [0.25, 0.3) is 11.0 Å². The van der Waals surface area contributed by atoms with Gasteiger partial charge in [0.05, 0.1) is 17.6 Å². The Bertz CT molecular complexity index is 1140. The van der Waals surface area contributed by atoms with Gasteiger partial charge in [0.2, 0.25) is 5.95 Å². The Labute approximate surface area is 171 Å². The maximum absolute atomic E-state index is 11.2. The number of hydrogen-bond donors (Lipinski definition) is 1. The third-order valence-corrected chi connectivity index (χ3v) is 5.35. The minimum absolute atomic E-state index is 0.634. The maximum Gasteiger partial charge on any atom is 0.208 e. The number of nitrogens with zero attached hydrogens (tertiary/aromatic N) is 2. The van der Waals surface area contributed by atoms with E-state index in [1.807, 2.05) is 18.2 Å². The molecule has 146 valence electrons. The monoisotopic (exact) mass is 383 g/mol. The summed E-state index contributed by atoms with van der Waals surface area (Å²) in [6.07, 6.45) is 2.86. The van der Waals surface area contributed by atoms with Gasteiger partial charge in [-0.15, -0.1) is 0 Å². The van der Waals surface area contributed by atoms with E-state index in [1.54, 1.807) is 0 Å². The zero-order valence-electron chi connectivity index (χ0n) is 16.9. The van der Waals surface area contributed by atoms with Gasteiger partial charge < -0.3 is 9.88 Å². The van der Waals surface area contributed by atoms with Crippen molar-refractivity contribution in [2.24, 2.45) is 0 Å². The topological polar surface area (TPSA) is 46.9 Å². The van der Waals surface area contributed by atoms with E-state index in [1.165, 1.54) is 16.7 Å². The van der Waals surface area contributed by atoms with Crippen molar-refractivity contribution >= 4 is 29.0 Å². The van der Waals surface area contributed by atoms with Crippen LogP contribution < -0.4 is 5.32 Å². The summed E-state index contributed by atoms with van der Waals surface area (Å²) in [4.78, 5) is 16.0. The summed E-state index contributed by atoms with van der Waals surface area (Å²) in [6.45, 7) is 5.05. The highest BCUT2D eigenvalue weighted by molar-refractivity contribution is 5.87. The zero-order valence-corrected chi connectivity index (χ0v) is 16.9. The predicted octanol–water partition coefficient (Wildman–Crippen LogP) is 5.77. The molecule has 0 unspecified atom stereocenters. The molecule has 29 heavy (non-hydrogen) atoms. The molecule has 4 aromatic rings. The molecule has 1 aromatic heterocycles. The molecule has 0 aliphatic carbocycles. The van der Waals surface area contributed by atoms with Gasteiger partial charge in [-0.25, -0.2) is 4.98 Å². The minimum atomic E-state index is 0.634. The van der Waals surface area contributed by atoms with Gasteiger partial charge in [0.25, 0.3) is 0 Å². The maximum atomic E-state index is 11.2. The van der Waals surface area contributed by atoms with Crippen molar-refractivity contribution in [1.29, 1.82) is 0 Å². The van der Waals surface area contributed by atoms with Gasteiger partial charge in [0, 0.05) is 11.3 Å². The number of imidazole rings is 1. The Hall–Kier alpha value is -3.40. The molecule has 4 nitrogen and oxygen atoms in total. The van der Waals surface area contributed by atoms with Gasteiger partial charge in [-0.1, -0.05) is 50.2 Å². The Morgan fingerprint density at radius 1 is 0.931 bits per heavy atom. The average Bonchev–Trinajstić information content (AvgIpc) is 3.10. The van der Waals surface area contributed by atoms with Crippen LogP contribution in [-0.4, -0.2) is 15.8 Å². The van der Waals surface area contributed by atoms with Crippen LogP contribution in [0.3, 0.4) is 0 Å². The van der Waals surface area contributed by atoms with Gasteiger partial charge in [0.15, 0.2) is 0 Å². The van der Waals surface area contributed by atoms with E-state index in [9.17, 15) is 4.79 Å². The van der Waals surface area contributed by atoms with Crippen LogP contribution in [0.1, 0.15) is 40.9 Å². The van der Waals surface area contributed by atoms with Crippen molar-refractivity contribution in [2.45, 2.75) is 33.2 Å². The fourth-order valence-corrected chi connectivity index (χ4v) is 3.66. The molecular weight excluding hydrogens is 358 g/mol. The van der Waals surface area contributed by atoms with Crippen molar-refractivity contribution in [2.75, 3.05) is 5.32 Å². The molecule has 0 atom stereocenters. The van der Waals surface area contributed by atoms with Crippen molar-refractivity contribution in [3.8, 4) is 0 Å². The minimum Gasteiger partial charge on any atom is -0.326 e. The van der Waals surface area contributed by atoms with Gasteiger partial charge >= 0.3 is 0 Å². The second kappa shape index (κ2) is 8.31. The molecule has 4 rings (SSSR count). The lowest BCUT2D eigenvalue weighted by Gasteiger charge is -2.14. The fourth-order valence-electron chi connectivity index (χ4n) is 3.66. The van der Waals surface area contributed by atoms with Gasteiger partial charge in [0.1, 0.15) is 6.29 Å². The Balaban J connectivity index is 1.78. The number of carbonyl (C=O) groups excluding carboxylic acids is 1. The highest BCUT2D eigenvalue weighted by Gasteiger charge is 2.13. The second-order valence-corrected chi connectivity index (χ2v) is 7.19. The third-order valence-electron chi connectivity index (χ3n) is 5.35. The molecule has 0 spiro atoms. The van der Waals surface area contributed by atoms with Gasteiger partial charge in [-0.2, -0.15) is 0 Å². The zero-order chi connectivity index (χ0) is 20.2. The van der Waals surface area contributed by atoms with Crippen LogP contribution in [0.15, 0.2) is 66.7 Å². The lowest BCUT2D eigenvalue weighted by atomic mass is 10.1. The summed E-state index contributed by atoms with van der Waals surface area (Å²) in [5, 5.41) is 3.47. The number of rotatable bonds is 7. The number of hydrogen-bond acceptors (Lipinski definition) is 3. The summed E-state index contributed by atoms with van der Waals surface area (Å²) in [5.74, 6) is 0.776. The van der Waals surface area contributed by atoms with E-state index in [0.29, 0.717) is 5.56 Å². The van der Waals surface area contributed by atoms with Crippen molar-refractivity contribution in [1.82, 2.24) is 9.55 Å². The Morgan fingerprint density at radius 3 is 2.38 bits per heavy atom. The fraction of sp³-hybridized carbons (Fsp3) is 0.200. The summed E-state index contributed by atoms with van der Waals surface area (Å²) in [6, 6.07) is 22.6. The number of benzene rings is 3. The summed E-state index contributed by atoms with van der Waals surface area (Å²) in [5.41, 5.74) is 7.37. The SMILES string of the molecule is CCc1ccc(Nc2nc3cc(C=O)ccc3n2Cc2ccccc2CC)cc1. The normalized spacial score (nSPS) is 11.0. The molecule has 0 radical (unpaired) electrons. The number of anilines is 2. The molecule has 0 aliphatic heterocycles. The first kappa shape index (κ1) is 18.9. The molecule has 1 heterocycles. The smallest absolute Gasteiger partial charge is 0.208 e. The van der Waals surface area contributed by atoms with Crippen LogP contribution in [0, 0.1) is 0 Å². The number of fused-ring (bicyclic) bond motifs is 1. The highest BCUT2D eigenvalue weighted by atomic mass is 16.1. The molecule has 0 saturated heterocycles. The number of aldehydes is 1. The molecule has 0 saturated carbocycles. The molecule has 4 heteroatoms. The van der Waals surface area contributed by atoms with E-state index in [2.05, 4.69) is 72.3 Å². The van der Waals surface area contributed by atoms with Crippen LogP contribution >= 0.6 is 0 Å². The van der Waals surface area contributed by atoms with Crippen molar-refractivity contribution in [3.63, 3.8) is 0 Å². The highest BCUT2D eigenvalue weighted by Crippen LogP contribution is 2.26. The number of aromatic nitrogens is 2. The predicted molar refractivity (Wildman–Crippen MR) is 119 cm³/mol. The van der Waals surface area contributed by atoms with Crippen molar-refractivity contribution in [3.05, 3.63) is 89.0 Å². The molecular formula is C25H25N3O. The van der Waals surface area contributed by atoms with Gasteiger partial charge in [-0.3, -0.25) is 4.79 Å². The standard InChI is InChI=1S/C25H25N3O/c1-3-18-9-12-22(13-10-18)26-25-27-23-15-19(17-29)11-14-24(23)28(25)16-21-8-6-5-7-20(21)4-2/h5-15,17H,3-4,16H2,1-2H3,(H,26,27). The summed E-state index contributed by atoms with van der Waals surface area (Å²) in [7, 11) is 0. The Kier molecular flexibility index (Phi) is 5.43. The first-order valence-electron chi connectivity index (χ1n) is 10.1. The largest absolute Gasteiger partial charge is 0.326 e. The molecule has 1 N–H and O–H groups in total. The van der Waals surface area contributed by atoms with E-state index < -0.39 is 0 Å². The average molecular weight is 383 g/mol. The van der Waals surface area contributed by atoms with Crippen LogP contribution in [-0.2, 0) is 19.4 Å². The second-order valence-electron chi connectivity index (χ2n) is 7.19. The van der Waals surface area contributed by atoms with E-state index in [0.717, 1.165) is 48.3 Å². The molecule has 3 aromatic carbocycles. The summed E-state index contributed by atoms with van der Waals surface area (Å²) < 4.78 is 2.19. The van der Waals surface area contributed by atoms with E-state index in [-0.39, 0.29) is 0 Å². The van der Waals surface area contributed by atoms with Crippen LogP contribution in [0.4, 0.5) is 11.6 Å². The number of nitrogens with one attached hydrogen (secondary N) is 1. The van der Waals surface area contributed by atoms with E-state index in [4.69, 9.17) is 4.98 Å². The van der Waals surface area contributed by atoms with Crippen LogP contribution in [0.2, 0.25) is 0 Å². The van der Waals surface area contributed by atoms with E-state index >= 15 is 0 Å². The molecule has 0 bridgehead atoms. The molecule has 0 amide bonds. The first-order chi connectivity index (χ1) is 14.2. The number of carbonyl (C=O) groups is 1. The first-order valence-corrected chi connectivity index (χ1v) is 10.1. The summed E-state index contributed by atoms with van der Waals surface area (Å²) >= 11 is 0. The molecule has 0 aliphatic rings. The van der Waals surface area contributed by atoms with Crippen molar-refractivity contribution < 1.29 is 4.79 Å². The number of aryl methyl sites for hydroxylation is 2. The lowest BCUT2D eigenvalue weighted by molar-refractivity contribution is 0.112.